The smallest absolute Gasteiger partial charge is 0.192 e. The molecule has 4 nitrogen and oxygen atoms in total. The zero-order valence-corrected chi connectivity index (χ0v) is 13.8. The number of rotatable bonds is 2. The molecule has 3 atom stereocenters. The fourth-order valence-electron chi connectivity index (χ4n) is 2.79. The van der Waals surface area contributed by atoms with Gasteiger partial charge in [0.15, 0.2) is 14.1 Å². The van der Waals surface area contributed by atoms with E-state index in [9.17, 15) is 9.90 Å². The van der Waals surface area contributed by atoms with Gasteiger partial charge in [0.1, 0.15) is 6.10 Å². The van der Waals surface area contributed by atoms with Crippen molar-refractivity contribution in [2.75, 3.05) is 13.1 Å². The van der Waals surface area contributed by atoms with E-state index in [1.54, 1.807) is 0 Å². The van der Waals surface area contributed by atoms with Crippen LogP contribution in [0.2, 0.25) is 18.1 Å². The number of nitrogens with zero attached hydrogens (tertiary/aromatic N) is 1. The molecule has 0 amide bonds. The zero-order chi connectivity index (χ0) is 14.4. The van der Waals surface area contributed by atoms with Gasteiger partial charge >= 0.3 is 0 Å². The molecule has 2 aliphatic heterocycles. The highest BCUT2D eigenvalue weighted by atomic mass is 28.4. The van der Waals surface area contributed by atoms with E-state index in [1.807, 2.05) is 0 Å². The first-order valence-corrected chi connectivity index (χ1v) is 10.2. The van der Waals surface area contributed by atoms with Crippen LogP contribution in [0.4, 0.5) is 0 Å². The SMILES string of the molecule is CC(C)(C)[Si](C)(C)O[C@H]1CCN2CCC(=O)[C@H](O)[C@@H]12. The molecule has 5 heteroatoms. The Kier molecular flexibility index (Phi) is 3.95. The fraction of sp³-hybridized carbons (Fsp3) is 0.929. The van der Waals surface area contributed by atoms with Crippen LogP contribution in [0, 0.1) is 0 Å². The molecule has 2 saturated heterocycles. The molecule has 2 fully saturated rings. The van der Waals surface area contributed by atoms with Gasteiger partial charge in [0, 0.05) is 19.5 Å². The highest BCUT2D eigenvalue weighted by Crippen LogP contribution is 2.40. The van der Waals surface area contributed by atoms with E-state index < -0.39 is 14.4 Å². The molecule has 0 unspecified atom stereocenters. The Morgan fingerprint density at radius 2 is 1.95 bits per heavy atom. The molecular weight excluding hydrogens is 258 g/mol. The number of hydrogen-bond donors (Lipinski definition) is 1. The van der Waals surface area contributed by atoms with Crippen LogP contribution in [-0.4, -0.2) is 55.4 Å². The third-order valence-corrected chi connectivity index (χ3v) is 9.56. The van der Waals surface area contributed by atoms with E-state index in [4.69, 9.17) is 4.43 Å². The van der Waals surface area contributed by atoms with Crippen LogP contribution in [0.5, 0.6) is 0 Å². The van der Waals surface area contributed by atoms with Gasteiger partial charge < -0.3 is 9.53 Å². The van der Waals surface area contributed by atoms with Gasteiger partial charge in [-0.1, -0.05) is 20.8 Å². The number of carbonyl (C=O) groups excluding carboxylic acids is 1. The zero-order valence-electron chi connectivity index (χ0n) is 12.8. The maximum absolute atomic E-state index is 11.7. The lowest BCUT2D eigenvalue weighted by Crippen LogP contribution is -2.56. The van der Waals surface area contributed by atoms with Crippen LogP contribution in [0.25, 0.3) is 0 Å². The van der Waals surface area contributed by atoms with Gasteiger partial charge in [-0.05, 0) is 24.6 Å². The van der Waals surface area contributed by atoms with Crippen molar-refractivity contribution < 1.29 is 14.3 Å². The average molecular weight is 285 g/mol. The second-order valence-electron chi connectivity index (χ2n) is 7.39. The van der Waals surface area contributed by atoms with Gasteiger partial charge in [0.25, 0.3) is 0 Å². The molecule has 110 valence electrons. The molecule has 0 aromatic carbocycles. The van der Waals surface area contributed by atoms with E-state index >= 15 is 0 Å². The summed E-state index contributed by atoms with van der Waals surface area (Å²) < 4.78 is 6.44. The number of aliphatic hydroxyl groups excluding tert-OH is 1. The van der Waals surface area contributed by atoms with Gasteiger partial charge in [0.05, 0.1) is 12.1 Å². The second kappa shape index (κ2) is 4.95. The second-order valence-corrected chi connectivity index (χ2v) is 12.1. The number of carbonyl (C=O) groups is 1. The monoisotopic (exact) mass is 285 g/mol. The van der Waals surface area contributed by atoms with Crippen molar-refractivity contribution in [3.05, 3.63) is 0 Å². The van der Waals surface area contributed by atoms with Crippen molar-refractivity contribution >= 4 is 14.1 Å². The Labute approximate surface area is 117 Å². The largest absolute Gasteiger partial charge is 0.412 e. The van der Waals surface area contributed by atoms with Gasteiger partial charge in [0.2, 0.25) is 0 Å². The van der Waals surface area contributed by atoms with Crippen molar-refractivity contribution in [1.29, 1.82) is 0 Å². The Morgan fingerprint density at radius 1 is 1.32 bits per heavy atom. The summed E-state index contributed by atoms with van der Waals surface area (Å²) in [5.74, 6) is -0.0213. The third kappa shape index (κ3) is 2.79. The molecule has 0 saturated carbocycles. The Balaban J connectivity index is 2.12. The summed E-state index contributed by atoms with van der Waals surface area (Å²) in [6.07, 6.45) is 0.567. The lowest BCUT2D eigenvalue weighted by atomic mass is 9.96. The quantitative estimate of drug-likeness (QED) is 0.786. The molecule has 0 radical (unpaired) electrons. The predicted octanol–water partition coefficient (Wildman–Crippen LogP) is 1.78. The van der Waals surface area contributed by atoms with Crippen molar-refractivity contribution in [2.45, 2.75) is 70.0 Å². The van der Waals surface area contributed by atoms with Gasteiger partial charge in [-0.2, -0.15) is 0 Å². The lowest BCUT2D eigenvalue weighted by Gasteiger charge is -2.42. The molecule has 2 aliphatic rings. The standard InChI is InChI=1S/C14H27NO3Si/c1-14(2,3)19(4,5)18-11-7-9-15-8-6-10(16)13(17)12(11)15/h11-13,17H,6-9H2,1-5H3/t11-,12+,13-/m0/s1. The first-order chi connectivity index (χ1) is 8.63. The van der Waals surface area contributed by atoms with Crippen LogP contribution in [0.3, 0.4) is 0 Å². The number of ketones is 1. The van der Waals surface area contributed by atoms with Gasteiger partial charge in [-0.3, -0.25) is 9.69 Å². The molecule has 0 bridgehead atoms. The first kappa shape index (κ1) is 15.2. The molecule has 2 rings (SSSR count). The number of fused-ring (bicyclic) bond motifs is 1. The predicted molar refractivity (Wildman–Crippen MR) is 77.7 cm³/mol. The number of Topliss-reactive ketones (excluding diaryl/α,β-unsaturated/α-hetero) is 1. The summed E-state index contributed by atoms with van der Waals surface area (Å²) in [6.45, 7) is 12.8. The molecule has 0 aromatic heterocycles. The molecule has 19 heavy (non-hydrogen) atoms. The summed E-state index contributed by atoms with van der Waals surface area (Å²) in [7, 11) is -1.85. The normalized spacial score (nSPS) is 33.6. The molecule has 0 aliphatic carbocycles. The van der Waals surface area contributed by atoms with Gasteiger partial charge in [-0.15, -0.1) is 0 Å². The minimum Gasteiger partial charge on any atom is -0.412 e. The van der Waals surface area contributed by atoms with E-state index in [2.05, 4.69) is 38.8 Å². The Hall–Kier alpha value is -0.233. The van der Waals surface area contributed by atoms with Crippen molar-refractivity contribution in [3.63, 3.8) is 0 Å². The maximum atomic E-state index is 11.7. The van der Waals surface area contributed by atoms with Crippen molar-refractivity contribution in [3.8, 4) is 0 Å². The summed E-state index contributed by atoms with van der Waals surface area (Å²) in [6, 6.07) is -0.115. The van der Waals surface area contributed by atoms with Crippen LogP contribution in [0.1, 0.15) is 33.6 Å². The molecule has 2 heterocycles. The number of hydrogen-bond acceptors (Lipinski definition) is 4. The van der Waals surface area contributed by atoms with E-state index in [-0.39, 0.29) is 23.0 Å². The van der Waals surface area contributed by atoms with Crippen molar-refractivity contribution in [2.24, 2.45) is 0 Å². The summed E-state index contributed by atoms with van der Waals surface area (Å²) in [4.78, 5) is 13.9. The average Bonchev–Trinajstić information content (AvgIpc) is 2.65. The first-order valence-electron chi connectivity index (χ1n) is 7.26. The van der Waals surface area contributed by atoms with Crippen molar-refractivity contribution in [1.82, 2.24) is 4.90 Å². The van der Waals surface area contributed by atoms with Crippen LogP contribution < -0.4 is 0 Å². The Morgan fingerprint density at radius 3 is 2.53 bits per heavy atom. The van der Waals surface area contributed by atoms with E-state index in [0.717, 1.165) is 19.5 Å². The fourth-order valence-corrected chi connectivity index (χ4v) is 4.16. The number of aliphatic hydroxyl groups is 1. The van der Waals surface area contributed by atoms with E-state index in [0.29, 0.717) is 6.42 Å². The third-order valence-electron chi connectivity index (χ3n) is 5.05. The van der Waals surface area contributed by atoms with Crippen LogP contribution in [-0.2, 0) is 9.22 Å². The molecule has 1 N–H and O–H groups in total. The number of piperidine rings is 1. The summed E-state index contributed by atoms with van der Waals surface area (Å²) in [5.41, 5.74) is 0. The minimum atomic E-state index is -1.85. The van der Waals surface area contributed by atoms with Crippen LogP contribution in [0.15, 0.2) is 0 Å². The summed E-state index contributed by atoms with van der Waals surface area (Å²) >= 11 is 0. The van der Waals surface area contributed by atoms with Crippen LogP contribution >= 0.6 is 0 Å². The Bertz CT molecular complexity index is 364. The maximum Gasteiger partial charge on any atom is 0.192 e. The van der Waals surface area contributed by atoms with Gasteiger partial charge in [-0.25, -0.2) is 0 Å². The molecule has 0 spiro atoms. The van der Waals surface area contributed by atoms with E-state index in [1.165, 1.54) is 0 Å². The lowest BCUT2D eigenvalue weighted by molar-refractivity contribution is -0.136. The highest BCUT2D eigenvalue weighted by molar-refractivity contribution is 6.74. The molecule has 0 aromatic rings. The highest BCUT2D eigenvalue weighted by Gasteiger charge is 2.49. The summed E-state index contributed by atoms with van der Waals surface area (Å²) in [5, 5.41) is 10.3. The minimum absolute atomic E-state index is 0.0140. The topological polar surface area (TPSA) is 49.8 Å². The molecular formula is C14H27NO3Si.